The highest BCUT2D eigenvalue weighted by Crippen LogP contribution is 2.10. The Bertz CT molecular complexity index is 286. The van der Waals surface area contributed by atoms with Gasteiger partial charge in [-0.1, -0.05) is 64.7 Å². The summed E-state index contributed by atoms with van der Waals surface area (Å²) in [4.78, 5) is 10.3. The molecule has 0 saturated heterocycles. The van der Waals surface area contributed by atoms with E-state index in [2.05, 4.69) is 18.8 Å². The van der Waals surface area contributed by atoms with Gasteiger partial charge < -0.3 is 5.11 Å². The van der Waals surface area contributed by atoms with E-state index in [0.717, 1.165) is 32.1 Å². The molecule has 0 radical (unpaired) electrons. The van der Waals surface area contributed by atoms with E-state index in [4.69, 9.17) is 5.11 Å². The molecule has 0 rings (SSSR count). The number of rotatable bonds is 14. The molecule has 0 aromatic heterocycles. The molecular weight excluding hydrogens is 260 g/mol. The van der Waals surface area contributed by atoms with Crippen LogP contribution in [0.1, 0.15) is 103 Å². The largest absolute Gasteiger partial charge is 0.481 e. The van der Waals surface area contributed by atoms with Gasteiger partial charge in [0, 0.05) is 19.3 Å². The van der Waals surface area contributed by atoms with Crippen LogP contribution < -0.4 is 0 Å². The molecule has 0 bridgehead atoms. The number of carboxylic acids is 1. The van der Waals surface area contributed by atoms with Crippen molar-refractivity contribution < 1.29 is 9.90 Å². The Hall–Kier alpha value is -0.970. The second-order valence-corrected chi connectivity index (χ2v) is 5.89. The van der Waals surface area contributed by atoms with Crippen LogP contribution in [0.4, 0.5) is 0 Å². The quantitative estimate of drug-likeness (QED) is 0.318. The zero-order valence-electron chi connectivity index (χ0n) is 14.0. The van der Waals surface area contributed by atoms with Crippen molar-refractivity contribution in [3.63, 3.8) is 0 Å². The van der Waals surface area contributed by atoms with Crippen LogP contribution in [0.3, 0.4) is 0 Å². The van der Waals surface area contributed by atoms with Crippen molar-refractivity contribution in [2.24, 2.45) is 0 Å². The van der Waals surface area contributed by atoms with Gasteiger partial charge in [-0.15, -0.1) is 11.8 Å². The third kappa shape index (κ3) is 19.0. The predicted molar refractivity (Wildman–Crippen MR) is 90.3 cm³/mol. The van der Waals surface area contributed by atoms with Crippen molar-refractivity contribution in [2.75, 3.05) is 0 Å². The van der Waals surface area contributed by atoms with Crippen molar-refractivity contribution in [3.05, 3.63) is 0 Å². The first-order valence-electron chi connectivity index (χ1n) is 8.95. The lowest BCUT2D eigenvalue weighted by molar-refractivity contribution is -0.137. The molecule has 0 aliphatic rings. The summed E-state index contributed by atoms with van der Waals surface area (Å²) >= 11 is 0. The van der Waals surface area contributed by atoms with E-state index in [-0.39, 0.29) is 0 Å². The van der Waals surface area contributed by atoms with Gasteiger partial charge in [-0.05, 0) is 19.3 Å². The molecule has 0 unspecified atom stereocenters. The second-order valence-electron chi connectivity index (χ2n) is 5.89. The van der Waals surface area contributed by atoms with Gasteiger partial charge in [0.05, 0.1) is 0 Å². The maximum atomic E-state index is 10.3. The van der Waals surface area contributed by atoms with Crippen LogP contribution >= 0.6 is 0 Å². The average Bonchev–Trinajstić information content (AvgIpc) is 2.46. The van der Waals surface area contributed by atoms with E-state index in [1.165, 1.54) is 57.8 Å². The second kappa shape index (κ2) is 17.1. The Morgan fingerprint density at radius 3 is 1.62 bits per heavy atom. The smallest absolute Gasteiger partial charge is 0.303 e. The molecule has 0 atom stereocenters. The first kappa shape index (κ1) is 20.0. The third-order valence-electron chi connectivity index (χ3n) is 3.72. The SMILES string of the molecule is CCCCCCCCCCCC#CCCCCCC(=O)O. The molecular formula is C19H34O2. The Kier molecular flexibility index (Phi) is 16.3. The first-order chi connectivity index (χ1) is 10.3. The van der Waals surface area contributed by atoms with Gasteiger partial charge in [-0.2, -0.15) is 0 Å². The minimum absolute atomic E-state index is 0.297. The predicted octanol–water partition coefficient (Wildman–Crippen LogP) is 5.95. The van der Waals surface area contributed by atoms with Crippen molar-refractivity contribution in [1.82, 2.24) is 0 Å². The van der Waals surface area contributed by atoms with E-state index in [1.807, 2.05) is 0 Å². The number of unbranched alkanes of at least 4 members (excludes halogenated alkanes) is 12. The lowest BCUT2D eigenvalue weighted by Gasteiger charge is -2.00. The topological polar surface area (TPSA) is 37.3 Å². The van der Waals surface area contributed by atoms with Crippen LogP contribution in [0.15, 0.2) is 0 Å². The summed E-state index contributed by atoms with van der Waals surface area (Å²) in [5.41, 5.74) is 0. The normalized spacial score (nSPS) is 10.1. The number of carbonyl (C=O) groups is 1. The highest BCUT2D eigenvalue weighted by Gasteiger charge is 1.95. The highest BCUT2D eigenvalue weighted by atomic mass is 16.4. The van der Waals surface area contributed by atoms with E-state index < -0.39 is 5.97 Å². The van der Waals surface area contributed by atoms with Crippen molar-refractivity contribution >= 4 is 5.97 Å². The summed E-state index contributed by atoms with van der Waals surface area (Å²) in [6.45, 7) is 2.26. The van der Waals surface area contributed by atoms with Gasteiger partial charge >= 0.3 is 5.97 Å². The number of carboxylic acid groups (broad SMARTS) is 1. The van der Waals surface area contributed by atoms with Crippen LogP contribution in [-0.4, -0.2) is 11.1 Å². The van der Waals surface area contributed by atoms with Crippen molar-refractivity contribution in [2.45, 2.75) is 103 Å². The molecule has 2 nitrogen and oxygen atoms in total. The third-order valence-corrected chi connectivity index (χ3v) is 3.72. The molecule has 0 aliphatic carbocycles. The molecule has 0 fully saturated rings. The highest BCUT2D eigenvalue weighted by molar-refractivity contribution is 5.66. The summed E-state index contributed by atoms with van der Waals surface area (Å²) in [6, 6.07) is 0. The van der Waals surface area contributed by atoms with Crippen LogP contribution in [0.25, 0.3) is 0 Å². The van der Waals surface area contributed by atoms with Gasteiger partial charge in [0.25, 0.3) is 0 Å². The summed E-state index contributed by atoms with van der Waals surface area (Å²) in [6.07, 6.45) is 17.3. The van der Waals surface area contributed by atoms with Gasteiger partial charge in [-0.3, -0.25) is 4.79 Å². The van der Waals surface area contributed by atoms with E-state index in [1.54, 1.807) is 0 Å². The number of hydrogen-bond acceptors (Lipinski definition) is 1. The van der Waals surface area contributed by atoms with Crippen LogP contribution in [0, 0.1) is 11.8 Å². The maximum Gasteiger partial charge on any atom is 0.303 e. The van der Waals surface area contributed by atoms with Crippen molar-refractivity contribution in [1.29, 1.82) is 0 Å². The summed E-state index contributed by atoms with van der Waals surface area (Å²) in [7, 11) is 0. The molecule has 0 heterocycles. The monoisotopic (exact) mass is 294 g/mol. The molecule has 0 saturated carbocycles. The molecule has 21 heavy (non-hydrogen) atoms. The fourth-order valence-corrected chi connectivity index (χ4v) is 2.37. The molecule has 0 aliphatic heterocycles. The van der Waals surface area contributed by atoms with Gasteiger partial charge in [-0.25, -0.2) is 0 Å². The zero-order valence-corrected chi connectivity index (χ0v) is 14.0. The fourth-order valence-electron chi connectivity index (χ4n) is 2.37. The lowest BCUT2D eigenvalue weighted by Crippen LogP contribution is -1.93. The van der Waals surface area contributed by atoms with Gasteiger partial charge in [0.1, 0.15) is 0 Å². The van der Waals surface area contributed by atoms with E-state index in [9.17, 15) is 4.79 Å². The van der Waals surface area contributed by atoms with Crippen molar-refractivity contribution in [3.8, 4) is 11.8 Å². The fraction of sp³-hybridized carbons (Fsp3) is 0.842. The standard InChI is InChI=1S/C19H34O2/c1-2-3-4-5-6-7-8-9-10-11-12-13-14-15-16-17-18-19(20)21/h2-11,14-18H2,1H3,(H,20,21). The van der Waals surface area contributed by atoms with Crippen LogP contribution in [0.5, 0.6) is 0 Å². The molecule has 0 aromatic rings. The molecule has 1 N–H and O–H groups in total. The zero-order chi connectivity index (χ0) is 15.6. The van der Waals surface area contributed by atoms with Crippen LogP contribution in [-0.2, 0) is 4.79 Å². The Morgan fingerprint density at radius 2 is 1.14 bits per heavy atom. The maximum absolute atomic E-state index is 10.3. The van der Waals surface area contributed by atoms with Crippen LogP contribution in [0.2, 0.25) is 0 Å². The van der Waals surface area contributed by atoms with E-state index >= 15 is 0 Å². The molecule has 2 heteroatoms. The lowest BCUT2D eigenvalue weighted by atomic mass is 10.1. The van der Waals surface area contributed by atoms with E-state index in [0.29, 0.717) is 6.42 Å². The Morgan fingerprint density at radius 1 is 0.714 bits per heavy atom. The molecule has 0 spiro atoms. The summed E-state index contributed by atoms with van der Waals surface area (Å²) in [5.74, 6) is 5.75. The Labute approximate surface area is 131 Å². The minimum Gasteiger partial charge on any atom is -0.481 e. The minimum atomic E-state index is -0.688. The molecule has 0 amide bonds. The molecule has 0 aromatic carbocycles. The molecule has 122 valence electrons. The van der Waals surface area contributed by atoms with Gasteiger partial charge in [0.2, 0.25) is 0 Å². The Balaban J connectivity index is 3.11. The average molecular weight is 294 g/mol. The summed E-state index contributed by atoms with van der Waals surface area (Å²) < 4.78 is 0. The van der Waals surface area contributed by atoms with Gasteiger partial charge in [0.15, 0.2) is 0 Å². The summed E-state index contributed by atoms with van der Waals surface area (Å²) in [5, 5.41) is 8.50. The first-order valence-corrected chi connectivity index (χ1v) is 8.95. The number of aliphatic carboxylic acids is 1. The number of hydrogen-bond donors (Lipinski definition) is 1.